The number of rotatable bonds is 5. The summed E-state index contributed by atoms with van der Waals surface area (Å²) in [5.41, 5.74) is 3.73. The highest BCUT2D eigenvalue weighted by molar-refractivity contribution is 5.99. The van der Waals surface area contributed by atoms with E-state index in [1.807, 2.05) is 25.1 Å². The summed E-state index contributed by atoms with van der Waals surface area (Å²) in [5.74, 6) is 0.747. The summed E-state index contributed by atoms with van der Waals surface area (Å²) in [7, 11) is 0. The lowest BCUT2D eigenvalue weighted by Gasteiger charge is -2.33. The smallest absolute Gasteiger partial charge is 0.251 e. The van der Waals surface area contributed by atoms with Crippen molar-refractivity contribution in [3.8, 4) is 0 Å². The average molecular weight is 406 g/mol. The van der Waals surface area contributed by atoms with E-state index in [1.54, 1.807) is 11.0 Å². The molecule has 2 atom stereocenters. The van der Waals surface area contributed by atoms with E-state index < -0.39 is 0 Å². The van der Waals surface area contributed by atoms with Gasteiger partial charge in [0, 0.05) is 43.0 Å². The van der Waals surface area contributed by atoms with Crippen molar-refractivity contribution in [2.24, 2.45) is 5.92 Å². The fourth-order valence-electron chi connectivity index (χ4n) is 4.50. The first-order valence-electron chi connectivity index (χ1n) is 11.1. The molecule has 2 fully saturated rings. The number of nitrogens with zero attached hydrogens (tertiary/aromatic N) is 2. The molecule has 158 valence electrons. The van der Waals surface area contributed by atoms with Crippen molar-refractivity contribution in [2.75, 3.05) is 29.4 Å². The Morgan fingerprint density at radius 3 is 2.57 bits per heavy atom. The zero-order valence-corrected chi connectivity index (χ0v) is 17.9. The molecule has 2 amide bonds. The Labute approximate surface area is 179 Å². The van der Waals surface area contributed by atoms with Crippen LogP contribution in [-0.2, 0) is 4.79 Å². The molecule has 5 nitrogen and oxygen atoms in total. The van der Waals surface area contributed by atoms with Gasteiger partial charge in [0.25, 0.3) is 5.91 Å². The Morgan fingerprint density at radius 1 is 1.07 bits per heavy atom. The van der Waals surface area contributed by atoms with Crippen molar-refractivity contribution >= 4 is 23.2 Å². The number of benzene rings is 2. The molecule has 2 aliphatic heterocycles. The van der Waals surface area contributed by atoms with Gasteiger partial charge < -0.3 is 15.1 Å². The third-order valence-electron chi connectivity index (χ3n) is 6.26. The minimum atomic E-state index is -0.120. The van der Waals surface area contributed by atoms with Gasteiger partial charge in [0.2, 0.25) is 5.91 Å². The van der Waals surface area contributed by atoms with Crippen molar-refractivity contribution in [2.45, 2.75) is 45.6 Å². The Hall–Kier alpha value is -2.82. The Bertz CT molecular complexity index is 909. The van der Waals surface area contributed by atoms with Crippen LogP contribution in [0.1, 0.15) is 61.5 Å². The van der Waals surface area contributed by atoms with Crippen LogP contribution in [0.4, 0.5) is 11.4 Å². The minimum absolute atomic E-state index is 0.0936. The van der Waals surface area contributed by atoms with Gasteiger partial charge in [0.05, 0.1) is 6.04 Å². The molecule has 2 aromatic rings. The highest BCUT2D eigenvalue weighted by atomic mass is 16.2. The molecule has 4 rings (SSSR count). The van der Waals surface area contributed by atoms with Gasteiger partial charge in [-0.1, -0.05) is 25.1 Å². The highest BCUT2D eigenvalue weighted by Crippen LogP contribution is 2.25. The zero-order chi connectivity index (χ0) is 21.1. The van der Waals surface area contributed by atoms with Crippen LogP contribution in [0.5, 0.6) is 0 Å². The van der Waals surface area contributed by atoms with E-state index in [0.717, 1.165) is 43.2 Å². The van der Waals surface area contributed by atoms with Gasteiger partial charge in [0.15, 0.2) is 0 Å². The standard InChI is InChI=1S/C25H31N3O2/c1-18-6-4-14-27(17-18)22-12-10-20(11-13-22)19(2)26-25(30)21-7-3-8-23(16-21)28-15-5-9-24(28)29/h3,7-8,10-13,16,18-19H,4-6,9,14-15,17H2,1-2H3,(H,26,30)/t18-,19+/m1/s1. The Morgan fingerprint density at radius 2 is 1.87 bits per heavy atom. The van der Waals surface area contributed by atoms with Gasteiger partial charge in [-0.15, -0.1) is 0 Å². The van der Waals surface area contributed by atoms with Gasteiger partial charge >= 0.3 is 0 Å². The zero-order valence-electron chi connectivity index (χ0n) is 17.9. The summed E-state index contributed by atoms with van der Waals surface area (Å²) in [4.78, 5) is 29.0. The van der Waals surface area contributed by atoms with Gasteiger partial charge in [0.1, 0.15) is 0 Å². The van der Waals surface area contributed by atoms with Crippen molar-refractivity contribution < 1.29 is 9.59 Å². The quantitative estimate of drug-likeness (QED) is 0.795. The van der Waals surface area contributed by atoms with Crippen molar-refractivity contribution in [3.05, 3.63) is 59.7 Å². The molecule has 2 saturated heterocycles. The average Bonchev–Trinajstić information content (AvgIpc) is 3.20. The molecule has 0 aromatic heterocycles. The maximum Gasteiger partial charge on any atom is 0.251 e. The summed E-state index contributed by atoms with van der Waals surface area (Å²) in [5, 5.41) is 3.09. The Balaban J connectivity index is 1.40. The molecule has 2 aromatic carbocycles. The summed E-state index contributed by atoms with van der Waals surface area (Å²) in [6.07, 6.45) is 4.01. The molecule has 0 spiro atoms. The predicted molar refractivity (Wildman–Crippen MR) is 121 cm³/mol. The van der Waals surface area contributed by atoms with Crippen LogP contribution < -0.4 is 15.1 Å². The van der Waals surface area contributed by atoms with Crippen LogP contribution in [-0.4, -0.2) is 31.4 Å². The molecular weight excluding hydrogens is 374 g/mol. The molecule has 0 aliphatic carbocycles. The number of nitrogens with one attached hydrogen (secondary N) is 1. The molecule has 2 heterocycles. The van der Waals surface area contributed by atoms with Crippen LogP contribution >= 0.6 is 0 Å². The molecule has 2 aliphatic rings. The largest absolute Gasteiger partial charge is 0.371 e. The van der Waals surface area contributed by atoms with Gasteiger partial charge in [-0.05, 0) is 68.0 Å². The van der Waals surface area contributed by atoms with Crippen LogP contribution in [0.25, 0.3) is 0 Å². The lowest BCUT2D eigenvalue weighted by molar-refractivity contribution is -0.117. The first-order valence-corrected chi connectivity index (χ1v) is 11.1. The van der Waals surface area contributed by atoms with E-state index in [9.17, 15) is 9.59 Å². The molecule has 1 N–H and O–H groups in total. The number of anilines is 2. The molecular formula is C25H31N3O2. The number of amides is 2. The van der Waals surface area contributed by atoms with Crippen LogP contribution in [0.2, 0.25) is 0 Å². The fraction of sp³-hybridized carbons (Fsp3) is 0.440. The number of carbonyl (C=O) groups is 2. The van der Waals surface area contributed by atoms with E-state index in [0.29, 0.717) is 12.0 Å². The lowest BCUT2D eigenvalue weighted by atomic mass is 9.99. The summed E-state index contributed by atoms with van der Waals surface area (Å²) >= 11 is 0. The van der Waals surface area contributed by atoms with E-state index >= 15 is 0 Å². The van der Waals surface area contributed by atoms with E-state index in [-0.39, 0.29) is 17.9 Å². The minimum Gasteiger partial charge on any atom is -0.371 e. The fourth-order valence-corrected chi connectivity index (χ4v) is 4.50. The summed E-state index contributed by atoms with van der Waals surface area (Å²) < 4.78 is 0. The van der Waals surface area contributed by atoms with Crippen LogP contribution in [0, 0.1) is 5.92 Å². The molecule has 0 unspecified atom stereocenters. The second-order valence-corrected chi connectivity index (χ2v) is 8.68. The second-order valence-electron chi connectivity index (χ2n) is 8.68. The molecule has 0 bridgehead atoms. The number of piperidine rings is 1. The third-order valence-corrected chi connectivity index (χ3v) is 6.26. The summed E-state index contributed by atoms with van der Waals surface area (Å²) in [6.45, 7) is 7.27. The number of hydrogen-bond donors (Lipinski definition) is 1. The van der Waals surface area contributed by atoms with Gasteiger partial charge in [-0.3, -0.25) is 9.59 Å². The van der Waals surface area contributed by atoms with Crippen molar-refractivity contribution in [1.29, 1.82) is 0 Å². The normalized spacial score (nSPS) is 20.3. The number of carbonyl (C=O) groups excluding carboxylic acids is 2. The van der Waals surface area contributed by atoms with E-state index in [4.69, 9.17) is 0 Å². The first kappa shape index (κ1) is 20.5. The van der Waals surface area contributed by atoms with Crippen LogP contribution in [0.15, 0.2) is 48.5 Å². The predicted octanol–water partition coefficient (Wildman–Crippen LogP) is 4.54. The third kappa shape index (κ3) is 4.50. The molecule has 5 heteroatoms. The topological polar surface area (TPSA) is 52.7 Å². The van der Waals surface area contributed by atoms with E-state index in [1.165, 1.54) is 18.5 Å². The lowest BCUT2D eigenvalue weighted by Crippen LogP contribution is -2.34. The second kappa shape index (κ2) is 8.90. The molecule has 30 heavy (non-hydrogen) atoms. The summed E-state index contributed by atoms with van der Waals surface area (Å²) in [6, 6.07) is 15.8. The SMILES string of the molecule is C[C@@H]1CCCN(c2ccc([C@H](C)NC(=O)c3cccc(N4CCCC4=O)c3)cc2)C1. The van der Waals surface area contributed by atoms with Gasteiger partial charge in [-0.25, -0.2) is 0 Å². The van der Waals surface area contributed by atoms with Gasteiger partial charge in [-0.2, -0.15) is 0 Å². The van der Waals surface area contributed by atoms with Crippen LogP contribution in [0.3, 0.4) is 0 Å². The number of hydrogen-bond acceptors (Lipinski definition) is 3. The van der Waals surface area contributed by atoms with Crippen molar-refractivity contribution in [1.82, 2.24) is 5.32 Å². The highest BCUT2D eigenvalue weighted by Gasteiger charge is 2.22. The monoisotopic (exact) mass is 405 g/mol. The maximum atomic E-state index is 12.8. The molecule has 0 saturated carbocycles. The first-order chi connectivity index (χ1) is 14.5. The van der Waals surface area contributed by atoms with E-state index in [2.05, 4.69) is 41.4 Å². The Kier molecular flexibility index (Phi) is 6.07. The molecule has 0 radical (unpaired) electrons. The maximum absolute atomic E-state index is 12.8. The van der Waals surface area contributed by atoms with Crippen molar-refractivity contribution in [3.63, 3.8) is 0 Å².